The van der Waals surface area contributed by atoms with Crippen LogP contribution in [0.1, 0.15) is 25.7 Å². The summed E-state index contributed by atoms with van der Waals surface area (Å²) in [5, 5.41) is 9.00. The number of aliphatic carboxylic acids is 1. The molecule has 0 spiro atoms. The van der Waals surface area contributed by atoms with Gasteiger partial charge in [-0.1, -0.05) is 0 Å². The van der Waals surface area contributed by atoms with E-state index in [0.29, 0.717) is 6.42 Å². The van der Waals surface area contributed by atoms with Crippen LogP contribution in [0.5, 0.6) is 0 Å². The molecular weight excluding hydrogens is 156 g/mol. The van der Waals surface area contributed by atoms with Crippen LogP contribution < -0.4 is 0 Å². The van der Waals surface area contributed by atoms with Gasteiger partial charge in [0.25, 0.3) is 0 Å². The molecule has 0 aliphatic heterocycles. The van der Waals surface area contributed by atoms with Crippen LogP contribution in [0.25, 0.3) is 0 Å². The van der Waals surface area contributed by atoms with Gasteiger partial charge in [0.15, 0.2) is 5.78 Å². The van der Waals surface area contributed by atoms with E-state index in [1.165, 1.54) is 6.08 Å². The smallest absolute Gasteiger partial charge is 0.314 e. The summed E-state index contributed by atoms with van der Waals surface area (Å²) >= 11 is 0. The maximum atomic E-state index is 11.0. The summed E-state index contributed by atoms with van der Waals surface area (Å²) < 4.78 is 0. The van der Waals surface area contributed by atoms with Crippen LogP contribution in [0.3, 0.4) is 0 Å². The lowest BCUT2D eigenvalue weighted by Crippen LogP contribution is -2.27. The largest absolute Gasteiger partial charge is 0.481 e. The molecule has 1 unspecified atom stereocenters. The molecule has 12 heavy (non-hydrogen) atoms. The molecule has 0 aromatic rings. The van der Waals surface area contributed by atoms with Crippen LogP contribution in [0.15, 0.2) is 11.6 Å². The second kappa shape index (κ2) is 2.19. The Balaban J connectivity index is 2.43. The zero-order valence-electron chi connectivity index (χ0n) is 6.67. The van der Waals surface area contributed by atoms with Crippen LogP contribution in [0.4, 0.5) is 0 Å². The van der Waals surface area contributed by atoms with Gasteiger partial charge in [-0.05, 0) is 30.9 Å². The van der Waals surface area contributed by atoms with Gasteiger partial charge in [-0.3, -0.25) is 9.59 Å². The average Bonchev–Trinajstić information content (AvgIpc) is 2.42. The van der Waals surface area contributed by atoms with Crippen LogP contribution >= 0.6 is 0 Å². The van der Waals surface area contributed by atoms with Crippen molar-refractivity contribution in [1.82, 2.24) is 0 Å². The fraction of sp³-hybridized carbons (Fsp3) is 0.556. The summed E-state index contributed by atoms with van der Waals surface area (Å²) in [5.74, 6) is -0.843. The molecule has 0 saturated heterocycles. The number of carboxylic acid groups (broad SMARTS) is 1. The first kappa shape index (κ1) is 7.53. The highest BCUT2D eigenvalue weighted by molar-refractivity contribution is 6.00. The highest BCUT2D eigenvalue weighted by Gasteiger charge is 2.49. The molecule has 2 aliphatic rings. The van der Waals surface area contributed by atoms with Crippen molar-refractivity contribution in [2.75, 3.05) is 0 Å². The summed E-state index contributed by atoms with van der Waals surface area (Å²) in [6.07, 6.45) is 4.06. The van der Waals surface area contributed by atoms with Crippen molar-refractivity contribution < 1.29 is 14.7 Å². The van der Waals surface area contributed by atoms with Crippen molar-refractivity contribution in [3.63, 3.8) is 0 Å². The molecule has 1 atom stereocenters. The molecule has 0 bridgehead atoms. The lowest BCUT2D eigenvalue weighted by molar-refractivity contribution is -0.147. The Morgan fingerprint density at radius 2 is 2.33 bits per heavy atom. The lowest BCUT2D eigenvalue weighted by Gasteiger charge is -2.19. The van der Waals surface area contributed by atoms with Crippen molar-refractivity contribution in [2.24, 2.45) is 5.41 Å². The number of ketones is 1. The summed E-state index contributed by atoms with van der Waals surface area (Å²) in [5.41, 5.74) is 0.0527. The van der Waals surface area contributed by atoms with Crippen LogP contribution in [0, 0.1) is 5.41 Å². The van der Waals surface area contributed by atoms with E-state index in [1.807, 2.05) is 0 Å². The van der Waals surface area contributed by atoms with Gasteiger partial charge < -0.3 is 5.11 Å². The molecule has 0 amide bonds. The van der Waals surface area contributed by atoms with Gasteiger partial charge in [0.05, 0.1) is 5.41 Å². The van der Waals surface area contributed by atoms with Gasteiger partial charge in [0.1, 0.15) is 0 Å². The minimum absolute atomic E-state index is 0.0212. The summed E-state index contributed by atoms with van der Waals surface area (Å²) in [4.78, 5) is 22.0. The minimum Gasteiger partial charge on any atom is -0.481 e. The second-order valence-electron chi connectivity index (χ2n) is 3.55. The Morgan fingerprint density at radius 1 is 1.58 bits per heavy atom. The Labute approximate surface area is 70.1 Å². The molecule has 2 aliphatic carbocycles. The van der Waals surface area contributed by atoms with Crippen LogP contribution in [0.2, 0.25) is 0 Å². The number of allylic oxidation sites excluding steroid dienone is 1. The van der Waals surface area contributed by atoms with Gasteiger partial charge in [-0.15, -0.1) is 0 Å². The average molecular weight is 166 g/mol. The van der Waals surface area contributed by atoms with Gasteiger partial charge in [0, 0.05) is 6.42 Å². The standard InChI is InChI=1S/C9H10O3/c10-7-4-6-2-1-3-9(6,5-7)8(11)12/h4H,1-3,5H2,(H,11,12). The van der Waals surface area contributed by atoms with E-state index in [2.05, 4.69) is 0 Å². The van der Waals surface area contributed by atoms with Crippen molar-refractivity contribution in [3.05, 3.63) is 11.6 Å². The zero-order chi connectivity index (χ0) is 8.77. The fourth-order valence-corrected chi connectivity index (χ4v) is 2.26. The monoisotopic (exact) mass is 166 g/mol. The van der Waals surface area contributed by atoms with Gasteiger partial charge in [-0.2, -0.15) is 0 Å². The van der Waals surface area contributed by atoms with E-state index in [4.69, 9.17) is 5.11 Å². The quantitative estimate of drug-likeness (QED) is 0.635. The molecule has 1 N–H and O–H groups in total. The highest BCUT2D eigenvalue weighted by atomic mass is 16.4. The molecule has 1 saturated carbocycles. The maximum Gasteiger partial charge on any atom is 0.314 e. The van der Waals surface area contributed by atoms with Crippen molar-refractivity contribution in [3.8, 4) is 0 Å². The van der Waals surface area contributed by atoms with E-state index < -0.39 is 11.4 Å². The molecule has 0 aromatic carbocycles. The SMILES string of the molecule is O=C1C=C2CCCC2(C(=O)O)C1. The third-order valence-electron chi connectivity index (χ3n) is 2.88. The minimum atomic E-state index is -0.822. The molecule has 64 valence electrons. The summed E-state index contributed by atoms with van der Waals surface area (Å²) in [6.45, 7) is 0. The van der Waals surface area contributed by atoms with Crippen molar-refractivity contribution >= 4 is 11.8 Å². The maximum absolute atomic E-state index is 11.0. The van der Waals surface area contributed by atoms with E-state index in [1.54, 1.807) is 0 Å². The molecule has 3 heteroatoms. The Morgan fingerprint density at radius 3 is 2.92 bits per heavy atom. The third kappa shape index (κ3) is 0.763. The highest BCUT2D eigenvalue weighted by Crippen LogP contribution is 2.49. The first-order valence-electron chi connectivity index (χ1n) is 4.12. The van der Waals surface area contributed by atoms with E-state index >= 15 is 0 Å². The topological polar surface area (TPSA) is 54.4 Å². The number of carbonyl (C=O) groups excluding carboxylic acids is 1. The number of fused-ring (bicyclic) bond motifs is 1. The van der Waals surface area contributed by atoms with Crippen molar-refractivity contribution in [1.29, 1.82) is 0 Å². The fourth-order valence-electron chi connectivity index (χ4n) is 2.26. The van der Waals surface area contributed by atoms with Gasteiger partial charge in [-0.25, -0.2) is 0 Å². The second-order valence-corrected chi connectivity index (χ2v) is 3.55. The Kier molecular flexibility index (Phi) is 1.37. The Bertz CT molecular complexity index is 290. The zero-order valence-corrected chi connectivity index (χ0v) is 6.67. The van der Waals surface area contributed by atoms with Gasteiger partial charge in [0.2, 0.25) is 0 Å². The van der Waals surface area contributed by atoms with Crippen LogP contribution in [-0.2, 0) is 9.59 Å². The number of carboxylic acids is 1. The number of carbonyl (C=O) groups is 2. The third-order valence-corrected chi connectivity index (χ3v) is 2.88. The normalized spacial score (nSPS) is 33.3. The van der Waals surface area contributed by atoms with E-state index in [-0.39, 0.29) is 12.2 Å². The summed E-state index contributed by atoms with van der Waals surface area (Å²) in [6, 6.07) is 0. The van der Waals surface area contributed by atoms with Crippen molar-refractivity contribution in [2.45, 2.75) is 25.7 Å². The molecular formula is C9H10O3. The molecule has 0 heterocycles. The molecule has 0 aromatic heterocycles. The Hall–Kier alpha value is -1.12. The summed E-state index contributed by atoms with van der Waals surface area (Å²) in [7, 11) is 0. The van der Waals surface area contributed by atoms with E-state index in [0.717, 1.165) is 18.4 Å². The predicted octanol–water partition coefficient (Wildman–Crippen LogP) is 1.14. The number of hydrogen-bond donors (Lipinski definition) is 1. The lowest BCUT2D eigenvalue weighted by atomic mass is 9.83. The first-order chi connectivity index (χ1) is 5.65. The molecule has 0 radical (unpaired) electrons. The van der Waals surface area contributed by atoms with Gasteiger partial charge >= 0.3 is 5.97 Å². The number of hydrogen-bond acceptors (Lipinski definition) is 2. The number of rotatable bonds is 1. The predicted molar refractivity (Wildman–Crippen MR) is 41.6 cm³/mol. The first-order valence-corrected chi connectivity index (χ1v) is 4.12. The molecule has 3 nitrogen and oxygen atoms in total. The molecule has 1 fully saturated rings. The molecule has 2 rings (SSSR count). The van der Waals surface area contributed by atoms with Crippen LogP contribution in [-0.4, -0.2) is 16.9 Å². The van der Waals surface area contributed by atoms with E-state index in [9.17, 15) is 9.59 Å².